The second kappa shape index (κ2) is 10.4. The Morgan fingerprint density at radius 1 is 1.07 bits per heavy atom. The lowest BCUT2D eigenvalue weighted by molar-refractivity contribution is -0.114. The molecular formula is C22H28ClN3O3. The molecule has 2 aromatic carbocycles. The van der Waals surface area contributed by atoms with Gasteiger partial charge in [0.2, 0.25) is 5.91 Å². The van der Waals surface area contributed by atoms with Crippen molar-refractivity contribution >= 4 is 28.9 Å². The average molecular weight is 418 g/mol. The molecule has 1 saturated heterocycles. The second-order valence-corrected chi connectivity index (χ2v) is 7.49. The van der Waals surface area contributed by atoms with Gasteiger partial charge in [-0.05, 0) is 42.8 Å². The average Bonchev–Trinajstić information content (AvgIpc) is 2.72. The van der Waals surface area contributed by atoms with Crippen LogP contribution in [0.15, 0.2) is 42.5 Å². The maximum Gasteiger partial charge on any atom is 0.221 e. The molecule has 1 aliphatic heterocycles. The number of benzene rings is 2. The quantitative estimate of drug-likeness (QED) is 0.660. The number of rotatable bonds is 8. The lowest BCUT2D eigenvalue weighted by Gasteiger charge is -2.36. The molecule has 0 spiro atoms. The van der Waals surface area contributed by atoms with Gasteiger partial charge in [-0.3, -0.25) is 9.69 Å². The van der Waals surface area contributed by atoms with Crippen molar-refractivity contribution in [2.45, 2.75) is 13.3 Å². The number of piperazine rings is 1. The van der Waals surface area contributed by atoms with Crippen LogP contribution in [0.5, 0.6) is 11.5 Å². The fourth-order valence-electron chi connectivity index (χ4n) is 3.42. The van der Waals surface area contributed by atoms with Gasteiger partial charge >= 0.3 is 0 Å². The first-order chi connectivity index (χ1) is 14.0. The first kappa shape index (κ1) is 21.3. The van der Waals surface area contributed by atoms with Crippen LogP contribution in [0.25, 0.3) is 0 Å². The molecule has 156 valence electrons. The number of nitrogens with zero attached hydrogens (tertiary/aromatic N) is 2. The van der Waals surface area contributed by atoms with Gasteiger partial charge in [0.15, 0.2) is 11.5 Å². The van der Waals surface area contributed by atoms with Gasteiger partial charge in [-0.25, -0.2) is 0 Å². The lowest BCUT2D eigenvalue weighted by atomic mass is 10.2. The van der Waals surface area contributed by atoms with Crippen LogP contribution in [0.1, 0.15) is 13.3 Å². The number of anilines is 2. The van der Waals surface area contributed by atoms with Crippen molar-refractivity contribution in [1.29, 1.82) is 0 Å². The van der Waals surface area contributed by atoms with Gasteiger partial charge in [-0.1, -0.05) is 11.6 Å². The number of methoxy groups -OCH3 is 1. The molecule has 7 heteroatoms. The second-order valence-electron chi connectivity index (χ2n) is 7.05. The van der Waals surface area contributed by atoms with Crippen molar-refractivity contribution in [3.05, 3.63) is 47.5 Å². The summed E-state index contributed by atoms with van der Waals surface area (Å²) in [5.74, 6) is 1.19. The Morgan fingerprint density at radius 2 is 1.79 bits per heavy atom. The van der Waals surface area contributed by atoms with Crippen LogP contribution < -0.4 is 19.7 Å². The number of hydrogen-bond acceptors (Lipinski definition) is 5. The van der Waals surface area contributed by atoms with Crippen LogP contribution in [0.3, 0.4) is 0 Å². The highest BCUT2D eigenvalue weighted by atomic mass is 35.5. The molecule has 0 aliphatic carbocycles. The van der Waals surface area contributed by atoms with Crippen molar-refractivity contribution in [2.24, 2.45) is 0 Å². The number of hydrogen-bond donors (Lipinski definition) is 1. The molecule has 0 saturated carbocycles. The number of ether oxygens (including phenoxy) is 2. The SMILES string of the molecule is COc1cc(NC(C)=O)ccc1OCCCN1CCN(c2ccc(Cl)cc2)CC1. The number of carbonyl (C=O) groups excluding carboxylic acids is 1. The van der Waals surface area contributed by atoms with Gasteiger partial charge < -0.3 is 19.7 Å². The Bertz CT molecular complexity index is 805. The van der Waals surface area contributed by atoms with Crippen LogP contribution in [0.2, 0.25) is 5.02 Å². The van der Waals surface area contributed by atoms with E-state index in [0.29, 0.717) is 23.8 Å². The van der Waals surface area contributed by atoms with E-state index in [1.807, 2.05) is 24.3 Å². The van der Waals surface area contributed by atoms with Crippen LogP contribution in [-0.4, -0.2) is 57.2 Å². The smallest absolute Gasteiger partial charge is 0.221 e. The summed E-state index contributed by atoms with van der Waals surface area (Å²) in [5.41, 5.74) is 1.92. The minimum Gasteiger partial charge on any atom is -0.493 e. The van der Waals surface area contributed by atoms with E-state index < -0.39 is 0 Å². The molecule has 0 atom stereocenters. The molecule has 1 N–H and O–H groups in total. The summed E-state index contributed by atoms with van der Waals surface area (Å²) >= 11 is 5.97. The van der Waals surface area contributed by atoms with Gasteiger partial charge in [0.05, 0.1) is 13.7 Å². The first-order valence-electron chi connectivity index (χ1n) is 9.86. The Labute approximate surface area is 177 Å². The molecule has 3 rings (SSSR count). The Kier molecular flexibility index (Phi) is 7.61. The van der Waals surface area contributed by atoms with E-state index in [2.05, 4.69) is 27.2 Å². The van der Waals surface area contributed by atoms with E-state index in [9.17, 15) is 4.79 Å². The van der Waals surface area contributed by atoms with Crippen molar-refractivity contribution in [3.8, 4) is 11.5 Å². The highest BCUT2D eigenvalue weighted by Crippen LogP contribution is 2.30. The zero-order chi connectivity index (χ0) is 20.6. The van der Waals surface area contributed by atoms with Gasteiger partial charge in [0.25, 0.3) is 0 Å². The van der Waals surface area contributed by atoms with Crippen LogP contribution >= 0.6 is 11.6 Å². The summed E-state index contributed by atoms with van der Waals surface area (Å²) in [6.07, 6.45) is 0.942. The fraction of sp³-hybridized carbons (Fsp3) is 0.409. The van der Waals surface area contributed by atoms with Gasteiger partial charge in [-0.15, -0.1) is 0 Å². The van der Waals surface area contributed by atoms with E-state index in [0.717, 1.165) is 44.2 Å². The lowest BCUT2D eigenvalue weighted by Crippen LogP contribution is -2.46. The van der Waals surface area contributed by atoms with Crippen molar-refractivity contribution < 1.29 is 14.3 Å². The fourth-order valence-corrected chi connectivity index (χ4v) is 3.55. The molecule has 1 fully saturated rings. The molecule has 1 aliphatic rings. The largest absolute Gasteiger partial charge is 0.493 e. The van der Waals surface area contributed by atoms with Gasteiger partial charge in [-0.2, -0.15) is 0 Å². The molecule has 0 bridgehead atoms. The van der Waals surface area contributed by atoms with Gasteiger partial charge in [0.1, 0.15) is 0 Å². The van der Waals surface area contributed by atoms with E-state index in [4.69, 9.17) is 21.1 Å². The summed E-state index contributed by atoms with van der Waals surface area (Å²) in [7, 11) is 1.60. The topological polar surface area (TPSA) is 54.0 Å². The molecule has 2 aromatic rings. The molecule has 0 radical (unpaired) electrons. The molecule has 6 nitrogen and oxygen atoms in total. The molecule has 0 aromatic heterocycles. The molecule has 0 unspecified atom stereocenters. The van der Waals surface area contributed by atoms with E-state index in [-0.39, 0.29) is 5.91 Å². The minimum atomic E-state index is -0.114. The predicted molar refractivity (Wildman–Crippen MR) is 118 cm³/mol. The number of carbonyl (C=O) groups is 1. The third-order valence-electron chi connectivity index (χ3n) is 4.92. The molecular weight excluding hydrogens is 390 g/mol. The van der Waals surface area contributed by atoms with Gasteiger partial charge in [0, 0.05) is 62.1 Å². The normalized spacial score (nSPS) is 14.5. The molecule has 1 heterocycles. The summed E-state index contributed by atoms with van der Waals surface area (Å²) in [6.45, 7) is 7.21. The van der Waals surface area contributed by atoms with E-state index in [1.54, 1.807) is 13.2 Å². The Balaban J connectivity index is 1.40. The van der Waals surface area contributed by atoms with Crippen LogP contribution in [-0.2, 0) is 4.79 Å². The Hall–Kier alpha value is -2.44. The zero-order valence-electron chi connectivity index (χ0n) is 17.0. The predicted octanol–water partition coefficient (Wildman–Crippen LogP) is 3.90. The molecule has 1 amide bonds. The van der Waals surface area contributed by atoms with Crippen molar-refractivity contribution in [3.63, 3.8) is 0 Å². The Morgan fingerprint density at radius 3 is 2.45 bits per heavy atom. The highest BCUT2D eigenvalue weighted by Gasteiger charge is 2.17. The standard InChI is InChI=1S/C22H28ClN3O3/c1-17(27)24-19-6-9-21(22(16-19)28-2)29-15-3-10-25-11-13-26(14-12-25)20-7-4-18(23)5-8-20/h4-9,16H,3,10-15H2,1-2H3,(H,24,27). The van der Waals surface area contributed by atoms with E-state index >= 15 is 0 Å². The van der Waals surface area contributed by atoms with E-state index in [1.165, 1.54) is 12.6 Å². The maximum absolute atomic E-state index is 11.2. The minimum absolute atomic E-state index is 0.114. The van der Waals surface area contributed by atoms with Crippen LogP contribution in [0.4, 0.5) is 11.4 Å². The summed E-state index contributed by atoms with van der Waals surface area (Å²) in [5, 5.41) is 3.52. The third kappa shape index (κ3) is 6.27. The highest BCUT2D eigenvalue weighted by molar-refractivity contribution is 6.30. The monoisotopic (exact) mass is 417 g/mol. The summed E-state index contributed by atoms with van der Waals surface area (Å²) in [6, 6.07) is 13.5. The molecule has 29 heavy (non-hydrogen) atoms. The first-order valence-corrected chi connectivity index (χ1v) is 10.2. The summed E-state index contributed by atoms with van der Waals surface area (Å²) < 4.78 is 11.3. The number of nitrogens with one attached hydrogen (secondary N) is 1. The third-order valence-corrected chi connectivity index (χ3v) is 5.18. The van der Waals surface area contributed by atoms with Crippen molar-refractivity contribution in [1.82, 2.24) is 4.90 Å². The zero-order valence-corrected chi connectivity index (χ0v) is 17.7. The van der Waals surface area contributed by atoms with Crippen molar-refractivity contribution in [2.75, 3.05) is 56.7 Å². The van der Waals surface area contributed by atoms with Crippen LogP contribution in [0, 0.1) is 0 Å². The number of amides is 1. The maximum atomic E-state index is 11.2. The number of halogens is 1. The summed E-state index contributed by atoms with van der Waals surface area (Å²) in [4.78, 5) is 16.0.